The molecule has 1 aromatic carbocycles. The number of fused-ring (bicyclic) bond motifs is 1. The molecule has 0 spiro atoms. The van der Waals surface area contributed by atoms with Crippen LogP contribution in [0.3, 0.4) is 0 Å². The van der Waals surface area contributed by atoms with Gasteiger partial charge in [0.05, 0.1) is 17.9 Å². The average Bonchev–Trinajstić information content (AvgIpc) is 2.42. The lowest BCUT2D eigenvalue weighted by Crippen LogP contribution is -2.30. The molecule has 6 nitrogen and oxygen atoms in total. The van der Waals surface area contributed by atoms with Crippen molar-refractivity contribution in [1.29, 1.82) is 0 Å². The van der Waals surface area contributed by atoms with Crippen molar-refractivity contribution in [1.82, 2.24) is 5.32 Å². The minimum Gasteiger partial charge on any atom is -0.486 e. The number of benzene rings is 1. The van der Waals surface area contributed by atoms with Gasteiger partial charge < -0.3 is 25.8 Å². The Hall–Kier alpha value is -2.11. The van der Waals surface area contributed by atoms with Gasteiger partial charge in [-0.05, 0) is 6.42 Å². The number of ether oxygens (including phenoxy) is 2. The van der Waals surface area contributed by atoms with Gasteiger partial charge in [-0.1, -0.05) is 6.92 Å². The third kappa shape index (κ3) is 3.43. The molecule has 0 saturated heterocycles. The Labute approximate surface area is 112 Å². The maximum atomic E-state index is 11.5. The number of anilines is 2. The van der Waals surface area contributed by atoms with E-state index in [-0.39, 0.29) is 12.5 Å². The van der Waals surface area contributed by atoms with Crippen molar-refractivity contribution in [2.75, 3.05) is 37.4 Å². The number of nitrogen functional groups attached to an aromatic ring is 1. The summed E-state index contributed by atoms with van der Waals surface area (Å²) in [5.74, 6) is 1.23. The van der Waals surface area contributed by atoms with Crippen molar-refractivity contribution < 1.29 is 14.3 Å². The van der Waals surface area contributed by atoms with Gasteiger partial charge in [0.25, 0.3) is 0 Å². The fourth-order valence-electron chi connectivity index (χ4n) is 1.76. The van der Waals surface area contributed by atoms with Gasteiger partial charge in [0.1, 0.15) is 13.2 Å². The van der Waals surface area contributed by atoms with Crippen molar-refractivity contribution >= 4 is 17.3 Å². The summed E-state index contributed by atoms with van der Waals surface area (Å²) in [6, 6.07) is 3.47. The number of carbonyl (C=O) groups is 1. The molecule has 1 aromatic rings. The van der Waals surface area contributed by atoms with E-state index in [4.69, 9.17) is 15.2 Å². The molecule has 0 bridgehead atoms. The van der Waals surface area contributed by atoms with Gasteiger partial charge in [-0.25, -0.2) is 0 Å². The number of amides is 1. The zero-order chi connectivity index (χ0) is 13.7. The number of nitrogens with two attached hydrogens (primary N) is 1. The van der Waals surface area contributed by atoms with Gasteiger partial charge in [0, 0.05) is 18.7 Å². The fourth-order valence-corrected chi connectivity index (χ4v) is 1.76. The molecule has 0 aliphatic carbocycles. The molecule has 104 valence electrons. The maximum absolute atomic E-state index is 11.5. The Morgan fingerprint density at radius 3 is 2.68 bits per heavy atom. The SMILES string of the molecule is CCCNC(=O)CNc1cc2c(cc1N)OCCO2. The zero-order valence-corrected chi connectivity index (χ0v) is 11.0. The summed E-state index contributed by atoms with van der Waals surface area (Å²) >= 11 is 0. The second-order valence-electron chi connectivity index (χ2n) is 4.29. The summed E-state index contributed by atoms with van der Waals surface area (Å²) in [4.78, 5) is 11.5. The monoisotopic (exact) mass is 265 g/mol. The van der Waals surface area contributed by atoms with Crippen molar-refractivity contribution in [3.63, 3.8) is 0 Å². The first kappa shape index (κ1) is 13.3. The van der Waals surface area contributed by atoms with Crippen LogP contribution in [0.4, 0.5) is 11.4 Å². The molecule has 0 radical (unpaired) electrons. The molecule has 6 heteroatoms. The molecule has 0 unspecified atom stereocenters. The molecule has 0 aromatic heterocycles. The van der Waals surface area contributed by atoms with Gasteiger partial charge in [-0.3, -0.25) is 4.79 Å². The predicted octanol–water partition coefficient (Wildman–Crippen LogP) is 0.978. The highest BCUT2D eigenvalue weighted by Crippen LogP contribution is 2.36. The molecule has 1 amide bonds. The van der Waals surface area contributed by atoms with Crippen LogP contribution in [-0.4, -0.2) is 32.2 Å². The summed E-state index contributed by atoms with van der Waals surface area (Å²) < 4.78 is 10.9. The molecule has 4 N–H and O–H groups in total. The molecular weight excluding hydrogens is 246 g/mol. The smallest absolute Gasteiger partial charge is 0.239 e. The molecule has 0 atom stereocenters. The molecule has 19 heavy (non-hydrogen) atoms. The molecule has 2 rings (SSSR count). The lowest BCUT2D eigenvalue weighted by Gasteiger charge is -2.20. The van der Waals surface area contributed by atoms with Crippen LogP contribution >= 0.6 is 0 Å². The van der Waals surface area contributed by atoms with Crippen molar-refractivity contribution in [2.45, 2.75) is 13.3 Å². The van der Waals surface area contributed by atoms with E-state index in [1.54, 1.807) is 12.1 Å². The van der Waals surface area contributed by atoms with E-state index in [9.17, 15) is 4.79 Å². The average molecular weight is 265 g/mol. The van der Waals surface area contributed by atoms with Crippen LogP contribution in [0.2, 0.25) is 0 Å². The highest BCUT2D eigenvalue weighted by molar-refractivity contribution is 5.83. The van der Waals surface area contributed by atoms with Crippen LogP contribution < -0.4 is 25.8 Å². The number of nitrogens with one attached hydrogen (secondary N) is 2. The third-order valence-electron chi connectivity index (χ3n) is 2.73. The normalized spacial score (nSPS) is 12.9. The third-order valence-corrected chi connectivity index (χ3v) is 2.73. The Morgan fingerprint density at radius 1 is 1.32 bits per heavy atom. The van der Waals surface area contributed by atoms with Gasteiger partial charge in [-0.15, -0.1) is 0 Å². The maximum Gasteiger partial charge on any atom is 0.239 e. The molecule has 1 aliphatic heterocycles. The van der Waals surface area contributed by atoms with Gasteiger partial charge in [-0.2, -0.15) is 0 Å². The Balaban J connectivity index is 1.98. The first-order chi connectivity index (χ1) is 9.20. The topological polar surface area (TPSA) is 85.6 Å². The molecular formula is C13H19N3O3. The number of hydrogen-bond acceptors (Lipinski definition) is 5. The Bertz CT molecular complexity index is 463. The second-order valence-corrected chi connectivity index (χ2v) is 4.29. The zero-order valence-electron chi connectivity index (χ0n) is 11.0. The van der Waals surface area contributed by atoms with E-state index in [1.807, 2.05) is 6.92 Å². The van der Waals surface area contributed by atoms with E-state index < -0.39 is 0 Å². The first-order valence-corrected chi connectivity index (χ1v) is 6.40. The van der Waals surface area contributed by atoms with E-state index in [0.717, 1.165) is 6.42 Å². The van der Waals surface area contributed by atoms with Crippen LogP contribution in [0.15, 0.2) is 12.1 Å². The number of rotatable bonds is 5. The summed E-state index contributed by atoms with van der Waals surface area (Å²) in [6.07, 6.45) is 0.915. The van der Waals surface area contributed by atoms with Crippen LogP contribution in [0.5, 0.6) is 11.5 Å². The minimum absolute atomic E-state index is 0.0591. The van der Waals surface area contributed by atoms with E-state index >= 15 is 0 Å². The molecule has 1 aliphatic rings. The van der Waals surface area contributed by atoms with Crippen molar-refractivity contribution in [3.8, 4) is 11.5 Å². The van der Waals surface area contributed by atoms with E-state index in [0.29, 0.717) is 42.6 Å². The predicted molar refractivity (Wildman–Crippen MR) is 73.6 cm³/mol. The lowest BCUT2D eigenvalue weighted by atomic mass is 10.2. The minimum atomic E-state index is -0.0591. The standard InChI is InChI=1S/C13H19N3O3/c1-2-3-15-13(17)8-16-10-7-12-11(6-9(10)14)18-4-5-19-12/h6-7,16H,2-5,8,14H2,1H3,(H,15,17). The summed E-state index contributed by atoms with van der Waals surface area (Å²) in [5, 5.41) is 5.79. The molecule has 0 fully saturated rings. The molecule has 0 saturated carbocycles. The number of hydrogen-bond donors (Lipinski definition) is 3. The van der Waals surface area contributed by atoms with Gasteiger partial charge in [0.2, 0.25) is 5.91 Å². The highest BCUT2D eigenvalue weighted by atomic mass is 16.6. The summed E-state index contributed by atoms with van der Waals surface area (Å²) in [7, 11) is 0. The lowest BCUT2D eigenvalue weighted by molar-refractivity contribution is -0.119. The second kappa shape index (κ2) is 6.17. The summed E-state index contributed by atoms with van der Waals surface area (Å²) in [6.45, 7) is 3.92. The van der Waals surface area contributed by atoms with Crippen LogP contribution in [0.1, 0.15) is 13.3 Å². The van der Waals surface area contributed by atoms with E-state index in [2.05, 4.69) is 10.6 Å². The van der Waals surface area contributed by atoms with Gasteiger partial charge in [0.15, 0.2) is 11.5 Å². The summed E-state index contributed by atoms with van der Waals surface area (Å²) in [5.41, 5.74) is 7.11. The van der Waals surface area contributed by atoms with Crippen LogP contribution in [0.25, 0.3) is 0 Å². The van der Waals surface area contributed by atoms with Crippen LogP contribution in [0, 0.1) is 0 Å². The Morgan fingerprint density at radius 2 is 2.00 bits per heavy atom. The first-order valence-electron chi connectivity index (χ1n) is 6.40. The highest BCUT2D eigenvalue weighted by Gasteiger charge is 2.14. The Kier molecular flexibility index (Phi) is 4.33. The molecule has 1 heterocycles. The van der Waals surface area contributed by atoms with E-state index in [1.165, 1.54) is 0 Å². The number of carbonyl (C=O) groups excluding carboxylic acids is 1. The van der Waals surface area contributed by atoms with Gasteiger partial charge >= 0.3 is 0 Å². The largest absolute Gasteiger partial charge is 0.486 e. The van der Waals surface area contributed by atoms with Crippen LogP contribution in [-0.2, 0) is 4.79 Å². The quantitative estimate of drug-likeness (QED) is 0.691. The fraction of sp³-hybridized carbons (Fsp3) is 0.462. The van der Waals surface area contributed by atoms with Crippen molar-refractivity contribution in [2.24, 2.45) is 0 Å². The van der Waals surface area contributed by atoms with Crippen molar-refractivity contribution in [3.05, 3.63) is 12.1 Å².